The van der Waals surface area contributed by atoms with Gasteiger partial charge in [-0.25, -0.2) is 0 Å². The van der Waals surface area contributed by atoms with Crippen LogP contribution in [0.5, 0.6) is 11.5 Å². The zero-order valence-electron chi connectivity index (χ0n) is 13.0. The summed E-state index contributed by atoms with van der Waals surface area (Å²) in [5.41, 5.74) is 2.29. The fraction of sp³-hybridized carbons (Fsp3) is 0.625. The molecular weight excluding hydrogens is 238 g/mol. The molecular formula is C16H27NO2. The number of benzene rings is 1. The van der Waals surface area contributed by atoms with Gasteiger partial charge in [-0.15, -0.1) is 0 Å². The molecule has 0 aliphatic rings. The normalized spacial score (nSPS) is 12.4. The van der Waals surface area contributed by atoms with E-state index in [-0.39, 0.29) is 0 Å². The van der Waals surface area contributed by atoms with Gasteiger partial charge in [0.05, 0.1) is 14.2 Å². The van der Waals surface area contributed by atoms with Gasteiger partial charge in [0.15, 0.2) is 11.5 Å². The first-order valence-corrected chi connectivity index (χ1v) is 6.97. The summed E-state index contributed by atoms with van der Waals surface area (Å²) < 4.78 is 10.6. The molecule has 0 saturated heterocycles. The van der Waals surface area contributed by atoms with Gasteiger partial charge in [0.25, 0.3) is 0 Å². The molecule has 0 amide bonds. The first-order chi connectivity index (χ1) is 8.97. The van der Waals surface area contributed by atoms with Crippen molar-refractivity contribution in [1.82, 2.24) is 0 Å². The van der Waals surface area contributed by atoms with E-state index in [0.29, 0.717) is 6.04 Å². The molecule has 1 atom stereocenters. The van der Waals surface area contributed by atoms with Crippen LogP contribution in [0.4, 0.5) is 5.69 Å². The number of ether oxygens (including phenoxy) is 2. The van der Waals surface area contributed by atoms with Crippen LogP contribution in [0.15, 0.2) is 12.1 Å². The van der Waals surface area contributed by atoms with E-state index in [2.05, 4.69) is 33.0 Å². The summed E-state index contributed by atoms with van der Waals surface area (Å²) in [4.78, 5) is 0. The summed E-state index contributed by atoms with van der Waals surface area (Å²) in [7, 11) is 3.33. The molecule has 0 aliphatic heterocycles. The van der Waals surface area contributed by atoms with Crippen molar-refractivity contribution in [3.63, 3.8) is 0 Å². The molecule has 1 rings (SSSR count). The third kappa shape index (κ3) is 4.66. The van der Waals surface area contributed by atoms with E-state index in [0.717, 1.165) is 23.1 Å². The van der Waals surface area contributed by atoms with Crippen LogP contribution >= 0.6 is 0 Å². The van der Waals surface area contributed by atoms with Crippen LogP contribution in [0, 0.1) is 12.8 Å². The smallest absolute Gasteiger partial charge is 0.162 e. The van der Waals surface area contributed by atoms with Gasteiger partial charge in [-0.05, 0) is 44.2 Å². The van der Waals surface area contributed by atoms with Gasteiger partial charge in [-0.1, -0.05) is 13.8 Å². The highest BCUT2D eigenvalue weighted by Gasteiger charge is 2.10. The van der Waals surface area contributed by atoms with Crippen LogP contribution in [0.25, 0.3) is 0 Å². The molecule has 0 aliphatic carbocycles. The lowest BCUT2D eigenvalue weighted by atomic mass is 10.0. The highest BCUT2D eigenvalue weighted by Crippen LogP contribution is 2.33. The van der Waals surface area contributed by atoms with Gasteiger partial charge in [-0.2, -0.15) is 0 Å². The van der Waals surface area contributed by atoms with Gasteiger partial charge in [-0.3, -0.25) is 0 Å². The van der Waals surface area contributed by atoms with Gasteiger partial charge < -0.3 is 14.8 Å². The quantitative estimate of drug-likeness (QED) is 0.799. The number of nitrogens with one attached hydrogen (secondary N) is 1. The Morgan fingerprint density at radius 2 is 1.58 bits per heavy atom. The molecule has 0 bridgehead atoms. The molecule has 0 saturated carbocycles. The highest BCUT2D eigenvalue weighted by atomic mass is 16.5. The maximum atomic E-state index is 5.35. The second kappa shape index (κ2) is 7.27. The van der Waals surface area contributed by atoms with Crippen molar-refractivity contribution in [2.24, 2.45) is 5.92 Å². The monoisotopic (exact) mass is 265 g/mol. The zero-order chi connectivity index (χ0) is 14.4. The molecule has 0 heterocycles. The van der Waals surface area contributed by atoms with Gasteiger partial charge in [0.2, 0.25) is 0 Å². The summed E-state index contributed by atoms with van der Waals surface area (Å²) in [6, 6.07) is 4.48. The largest absolute Gasteiger partial charge is 0.493 e. The third-order valence-corrected chi connectivity index (χ3v) is 3.31. The number of methoxy groups -OCH3 is 2. The Kier molecular flexibility index (Phi) is 6.00. The van der Waals surface area contributed by atoms with Crippen molar-refractivity contribution in [2.75, 3.05) is 19.5 Å². The molecule has 1 unspecified atom stereocenters. The summed E-state index contributed by atoms with van der Waals surface area (Å²) in [6.45, 7) is 8.82. The molecule has 0 spiro atoms. The Hall–Kier alpha value is -1.38. The molecule has 3 heteroatoms. The van der Waals surface area contributed by atoms with E-state index >= 15 is 0 Å². The lowest BCUT2D eigenvalue weighted by molar-refractivity contribution is 0.355. The molecule has 0 aromatic heterocycles. The molecule has 0 fully saturated rings. The standard InChI is InChI=1S/C16H27NO2/c1-11(2)7-8-13(4)17-14-10-16(19-6)15(18-5)9-12(14)3/h9-11,13,17H,7-8H2,1-6H3. The SMILES string of the molecule is COc1cc(C)c(NC(C)CCC(C)C)cc1OC. The molecule has 19 heavy (non-hydrogen) atoms. The van der Waals surface area contributed by atoms with Crippen molar-refractivity contribution >= 4 is 5.69 Å². The summed E-state index contributed by atoms with van der Waals surface area (Å²) in [5, 5.41) is 3.56. The first kappa shape index (κ1) is 15.7. The minimum Gasteiger partial charge on any atom is -0.493 e. The van der Waals surface area contributed by atoms with E-state index in [9.17, 15) is 0 Å². The lowest BCUT2D eigenvalue weighted by Gasteiger charge is -2.19. The maximum absolute atomic E-state index is 5.35. The molecule has 108 valence electrons. The summed E-state index contributed by atoms with van der Waals surface area (Å²) >= 11 is 0. The van der Waals surface area contributed by atoms with Crippen molar-refractivity contribution in [2.45, 2.75) is 46.6 Å². The van der Waals surface area contributed by atoms with Crippen LogP contribution in [0.2, 0.25) is 0 Å². The molecule has 1 aromatic carbocycles. The zero-order valence-corrected chi connectivity index (χ0v) is 13.0. The topological polar surface area (TPSA) is 30.5 Å². The van der Waals surface area contributed by atoms with Crippen molar-refractivity contribution < 1.29 is 9.47 Å². The van der Waals surface area contributed by atoms with E-state index in [1.165, 1.54) is 18.4 Å². The third-order valence-electron chi connectivity index (χ3n) is 3.31. The summed E-state index contributed by atoms with van der Waals surface area (Å²) in [6.07, 6.45) is 2.41. The minimum atomic E-state index is 0.458. The lowest BCUT2D eigenvalue weighted by Crippen LogP contribution is -2.16. The van der Waals surface area contributed by atoms with Gasteiger partial charge in [0.1, 0.15) is 0 Å². The van der Waals surface area contributed by atoms with Crippen LogP contribution in [-0.2, 0) is 0 Å². The second-order valence-corrected chi connectivity index (χ2v) is 5.54. The number of hydrogen-bond donors (Lipinski definition) is 1. The highest BCUT2D eigenvalue weighted by molar-refractivity contribution is 5.60. The minimum absolute atomic E-state index is 0.458. The maximum Gasteiger partial charge on any atom is 0.162 e. The van der Waals surface area contributed by atoms with E-state index in [1.54, 1.807) is 14.2 Å². The van der Waals surface area contributed by atoms with Crippen LogP contribution in [0.3, 0.4) is 0 Å². The molecule has 1 N–H and O–H groups in total. The van der Waals surface area contributed by atoms with E-state index in [4.69, 9.17) is 9.47 Å². The fourth-order valence-electron chi connectivity index (χ4n) is 2.06. The number of aryl methyl sites for hydroxylation is 1. The Morgan fingerprint density at radius 1 is 1.00 bits per heavy atom. The van der Waals surface area contributed by atoms with Crippen molar-refractivity contribution in [3.05, 3.63) is 17.7 Å². The fourth-order valence-corrected chi connectivity index (χ4v) is 2.06. The summed E-state index contributed by atoms with van der Waals surface area (Å²) in [5.74, 6) is 2.29. The Morgan fingerprint density at radius 3 is 2.11 bits per heavy atom. The van der Waals surface area contributed by atoms with Crippen LogP contribution < -0.4 is 14.8 Å². The Labute approximate surface area is 117 Å². The van der Waals surface area contributed by atoms with Crippen LogP contribution in [0.1, 0.15) is 39.2 Å². The second-order valence-electron chi connectivity index (χ2n) is 5.54. The van der Waals surface area contributed by atoms with Crippen molar-refractivity contribution in [1.29, 1.82) is 0 Å². The van der Waals surface area contributed by atoms with E-state index in [1.807, 2.05) is 12.1 Å². The number of hydrogen-bond acceptors (Lipinski definition) is 3. The Balaban J connectivity index is 2.77. The number of anilines is 1. The average molecular weight is 265 g/mol. The van der Waals surface area contributed by atoms with Gasteiger partial charge in [0, 0.05) is 17.8 Å². The predicted molar refractivity (Wildman–Crippen MR) is 81.4 cm³/mol. The molecule has 1 aromatic rings. The Bertz CT molecular complexity index is 402. The average Bonchev–Trinajstić information content (AvgIpc) is 2.38. The van der Waals surface area contributed by atoms with Gasteiger partial charge >= 0.3 is 0 Å². The molecule has 0 radical (unpaired) electrons. The molecule has 3 nitrogen and oxygen atoms in total. The predicted octanol–water partition coefficient (Wildman–Crippen LogP) is 4.25. The number of rotatable bonds is 7. The van der Waals surface area contributed by atoms with Crippen molar-refractivity contribution in [3.8, 4) is 11.5 Å². The first-order valence-electron chi connectivity index (χ1n) is 6.97. The van der Waals surface area contributed by atoms with E-state index < -0.39 is 0 Å². The van der Waals surface area contributed by atoms with Crippen LogP contribution in [-0.4, -0.2) is 20.3 Å².